The fraction of sp³-hybridized carbons (Fsp3) is 0.250. The van der Waals surface area contributed by atoms with Crippen LogP contribution in [0.1, 0.15) is 29.7 Å². The van der Waals surface area contributed by atoms with E-state index in [9.17, 15) is 8.78 Å². The quantitative estimate of drug-likeness (QED) is 0.878. The molecule has 0 aliphatic carbocycles. The van der Waals surface area contributed by atoms with Gasteiger partial charge in [0.15, 0.2) is 0 Å². The Morgan fingerprint density at radius 1 is 1.00 bits per heavy atom. The van der Waals surface area contributed by atoms with E-state index in [1.807, 2.05) is 13.0 Å². The van der Waals surface area contributed by atoms with E-state index in [2.05, 4.69) is 5.32 Å². The number of hydrogen-bond acceptors (Lipinski definition) is 1. The van der Waals surface area contributed by atoms with Crippen LogP contribution in [0.2, 0.25) is 0 Å². The monoisotopic (exact) mass is 261 g/mol. The average molecular weight is 261 g/mol. The molecule has 0 amide bonds. The molecule has 2 aromatic carbocycles. The van der Waals surface area contributed by atoms with E-state index in [0.717, 1.165) is 17.7 Å². The van der Waals surface area contributed by atoms with Gasteiger partial charge >= 0.3 is 0 Å². The van der Waals surface area contributed by atoms with Gasteiger partial charge < -0.3 is 5.32 Å². The molecule has 0 saturated carbocycles. The van der Waals surface area contributed by atoms with Crippen molar-refractivity contribution >= 4 is 0 Å². The van der Waals surface area contributed by atoms with Gasteiger partial charge in [-0.05, 0) is 48.4 Å². The van der Waals surface area contributed by atoms with Crippen molar-refractivity contribution in [3.8, 4) is 0 Å². The minimum Gasteiger partial charge on any atom is -0.307 e. The summed E-state index contributed by atoms with van der Waals surface area (Å²) >= 11 is 0. The van der Waals surface area contributed by atoms with Crippen molar-refractivity contribution in [2.45, 2.75) is 19.9 Å². The van der Waals surface area contributed by atoms with Crippen molar-refractivity contribution in [3.63, 3.8) is 0 Å². The van der Waals surface area contributed by atoms with E-state index in [-0.39, 0.29) is 17.7 Å². The van der Waals surface area contributed by atoms with Gasteiger partial charge in [0.2, 0.25) is 0 Å². The van der Waals surface area contributed by atoms with Gasteiger partial charge in [0.05, 0.1) is 6.04 Å². The topological polar surface area (TPSA) is 12.0 Å². The molecule has 1 unspecified atom stereocenters. The number of halogens is 2. The van der Waals surface area contributed by atoms with Gasteiger partial charge in [-0.1, -0.05) is 31.2 Å². The fourth-order valence-electron chi connectivity index (χ4n) is 2.08. The van der Waals surface area contributed by atoms with Gasteiger partial charge in [0.1, 0.15) is 11.6 Å². The summed E-state index contributed by atoms with van der Waals surface area (Å²) in [4.78, 5) is 0. The van der Waals surface area contributed by atoms with Crippen LogP contribution in [0.25, 0.3) is 0 Å². The highest BCUT2D eigenvalue weighted by Gasteiger charge is 2.14. The lowest BCUT2D eigenvalue weighted by Gasteiger charge is -2.19. The molecule has 1 N–H and O–H groups in total. The molecule has 0 aliphatic rings. The fourth-order valence-corrected chi connectivity index (χ4v) is 2.08. The molecule has 0 aliphatic heterocycles. The van der Waals surface area contributed by atoms with Gasteiger partial charge in [-0.15, -0.1) is 0 Å². The molecule has 2 aromatic rings. The normalized spacial score (nSPS) is 12.4. The van der Waals surface area contributed by atoms with Gasteiger partial charge in [0, 0.05) is 0 Å². The lowest BCUT2D eigenvalue weighted by molar-refractivity contribution is 0.594. The highest BCUT2D eigenvalue weighted by Crippen LogP contribution is 2.24. The van der Waals surface area contributed by atoms with Crippen LogP contribution in [0.15, 0.2) is 42.5 Å². The average Bonchev–Trinajstić information content (AvgIpc) is 2.41. The maximum Gasteiger partial charge on any atom is 0.126 e. The Kier molecular flexibility index (Phi) is 4.27. The van der Waals surface area contributed by atoms with Gasteiger partial charge in [-0.3, -0.25) is 0 Å². The Hall–Kier alpha value is -1.74. The third-order valence-electron chi connectivity index (χ3n) is 3.14. The van der Waals surface area contributed by atoms with Crippen LogP contribution >= 0.6 is 0 Å². The van der Waals surface area contributed by atoms with E-state index in [1.54, 1.807) is 25.1 Å². The van der Waals surface area contributed by atoms with Crippen LogP contribution in [0.4, 0.5) is 8.78 Å². The SMILES string of the molecule is CCNC(c1ccc(F)cc1)c1ccc(C)c(F)c1. The summed E-state index contributed by atoms with van der Waals surface area (Å²) < 4.78 is 26.6. The smallest absolute Gasteiger partial charge is 0.126 e. The minimum absolute atomic E-state index is 0.124. The standard InChI is InChI=1S/C16H17F2N/c1-3-19-16(12-6-8-14(17)9-7-12)13-5-4-11(2)15(18)10-13/h4-10,16,19H,3H2,1-2H3. The molecule has 3 heteroatoms. The van der Waals surface area contributed by atoms with Crippen molar-refractivity contribution in [2.24, 2.45) is 0 Å². The second-order valence-electron chi connectivity index (χ2n) is 4.55. The molecule has 0 spiro atoms. The molecule has 0 aromatic heterocycles. The van der Waals surface area contributed by atoms with Crippen LogP contribution in [0.5, 0.6) is 0 Å². The highest BCUT2D eigenvalue weighted by atomic mass is 19.1. The number of benzene rings is 2. The Balaban J connectivity index is 2.38. The highest BCUT2D eigenvalue weighted by molar-refractivity contribution is 5.34. The summed E-state index contributed by atoms with van der Waals surface area (Å²) in [7, 11) is 0. The summed E-state index contributed by atoms with van der Waals surface area (Å²) in [6.07, 6.45) is 0. The van der Waals surface area contributed by atoms with Crippen molar-refractivity contribution in [1.82, 2.24) is 5.32 Å². The number of nitrogens with one attached hydrogen (secondary N) is 1. The molecule has 0 bridgehead atoms. The van der Waals surface area contributed by atoms with Crippen molar-refractivity contribution < 1.29 is 8.78 Å². The van der Waals surface area contributed by atoms with Crippen LogP contribution in [-0.2, 0) is 0 Å². The van der Waals surface area contributed by atoms with Crippen LogP contribution in [-0.4, -0.2) is 6.54 Å². The van der Waals surface area contributed by atoms with E-state index >= 15 is 0 Å². The Bertz CT molecular complexity index is 549. The van der Waals surface area contributed by atoms with Gasteiger partial charge in [0.25, 0.3) is 0 Å². The maximum absolute atomic E-state index is 13.7. The van der Waals surface area contributed by atoms with E-state index in [4.69, 9.17) is 0 Å². The lowest BCUT2D eigenvalue weighted by Crippen LogP contribution is -2.22. The first-order chi connectivity index (χ1) is 9.11. The minimum atomic E-state index is -0.269. The molecule has 1 nitrogen and oxygen atoms in total. The first-order valence-corrected chi connectivity index (χ1v) is 6.36. The molecule has 0 heterocycles. The molecule has 0 saturated heterocycles. The van der Waals surface area contributed by atoms with Gasteiger partial charge in [-0.25, -0.2) is 8.78 Å². The van der Waals surface area contributed by atoms with Crippen LogP contribution in [0.3, 0.4) is 0 Å². The third-order valence-corrected chi connectivity index (χ3v) is 3.14. The molecular formula is C16H17F2N. The third kappa shape index (κ3) is 3.18. The molecule has 2 rings (SSSR count). The van der Waals surface area contributed by atoms with Crippen LogP contribution < -0.4 is 5.32 Å². The lowest BCUT2D eigenvalue weighted by atomic mass is 9.97. The van der Waals surface area contributed by atoms with Crippen molar-refractivity contribution in [3.05, 3.63) is 70.8 Å². The first-order valence-electron chi connectivity index (χ1n) is 6.36. The first kappa shape index (κ1) is 13.7. The van der Waals surface area contributed by atoms with E-state index in [1.165, 1.54) is 18.2 Å². The zero-order valence-electron chi connectivity index (χ0n) is 11.1. The van der Waals surface area contributed by atoms with E-state index < -0.39 is 0 Å². The summed E-state index contributed by atoms with van der Waals surface area (Å²) in [6.45, 7) is 4.47. The zero-order chi connectivity index (χ0) is 13.8. The summed E-state index contributed by atoms with van der Waals surface area (Å²) in [5.41, 5.74) is 2.39. The molecule has 0 radical (unpaired) electrons. The molecule has 19 heavy (non-hydrogen) atoms. The molecular weight excluding hydrogens is 244 g/mol. The van der Waals surface area contributed by atoms with Crippen molar-refractivity contribution in [2.75, 3.05) is 6.54 Å². The number of hydrogen-bond donors (Lipinski definition) is 1. The molecule has 100 valence electrons. The van der Waals surface area contributed by atoms with Crippen molar-refractivity contribution in [1.29, 1.82) is 0 Å². The number of rotatable bonds is 4. The second kappa shape index (κ2) is 5.93. The molecule has 0 fully saturated rings. The maximum atomic E-state index is 13.7. The summed E-state index contributed by atoms with van der Waals surface area (Å²) in [5.74, 6) is -0.489. The summed E-state index contributed by atoms with van der Waals surface area (Å²) in [5, 5.41) is 3.29. The largest absolute Gasteiger partial charge is 0.307 e. The Morgan fingerprint density at radius 2 is 1.63 bits per heavy atom. The predicted octanol–water partition coefficient (Wildman–Crippen LogP) is 3.97. The Morgan fingerprint density at radius 3 is 2.21 bits per heavy atom. The number of aryl methyl sites for hydroxylation is 1. The zero-order valence-corrected chi connectivity index (χ0v) is 11.1. The van der Waals surface area contributed by atoms with E-state index in [0.29, 0.717) is 5.56 Å². The van der Waals surface area contributed by atoms with Gasteiger partial charge in [-0.2, -0.15) is 0 Å². The predicted molar refractivity (Wildman–Crippen MR) is 73.1 cm³/mol. The molecule has 1 atom stereocenters. The Labute approximate surface area is 112 Å². The summed E-state index contributed by atoms with van der Waals surface area (Å²) in [6, 6.07) is 11.4. The second-order valence-corrected chi connectivity index (χ2v) is 4.55. The van der Waals surface area contributed by atoms with Crippen LogP contribution in [0, 0.1) is 18.6 Å².